The van der Waals surface area contributed by atoms with Crippen LogP contribution >= 0.6 is 0 Å². The van der Waals surface area contributed by atoms with Gasteiger partial charge in [0.2, 0.25) is 0 Å². The van der Waals surface area contributed by atoms with Gasteiger partial charge in [-0.05, 0) is 29.8 Å². The molecule has 2 N–H and O–H groups in total. The number of hydrogen-bond donors (Lipinski definition) is 2. The minimum atomic E-state index is -3.28. The summed E-state index contributed by atoms with van der Waals surface area (Å²) >= 11 is 0. The lowest BCUT2D eigenvalue weighted by atomic mass is 10.1. The van der Waals surface area contributed by atoms with Crippen LogP contribution in [-0.4, -0.2) is 18.2 Å². The Hall–Kier alpha value is -3.10. The first-order valence-electron chi connectivity index (χ1n) is 6.96. The van der Waals surface area contributed by atoms with Crippen molar-refractivity contribution in [2.75, 3.05) is 0 Å². The number of nitrogens with zero attached hydrogens (tertiary/aromatic N) is 1. The third kappa shape index (κ3) is 5.20. The first-order chi connectivity index (χ1) is 11.9. The molecule has 132 valence electrons. The molecule has 0 heterocycles. The van der Waals surface area contributed by atoms with E-state index < -0.39 is 29.9 Å². The molecule has 0 aliphatic heterocycles. The Labute approximate surface area is 140 Å². The standard InChI is InChI=1S/C16H12F4N3O2/c17-11-3-5-12(6-4-11)21-8-10-2-1-9(7-13(10)18)15(24)22-23-16(25)14(19)20/h1-7,14H,8H2,(H,22,24)(H,23,25)/q-1. The third-order valence-corrected chi connectivity index (χ3v) is 3.07. The lowest BCUT2D eigenvalue weighted by molar-refractivity contribution is -0.132. The predicted molar refractivity (Wildman–Crippen MR) is 81.1 cm³/mol. The van der Waals surface area contributed by atoms with E-state index in [2.05, 4.69) is 5.32 Å². The van der Waals surface area contributed by atoms with Gasteiger partial charge >= 0.3 is 12.3 Å². The van der Waals surface area contributed by atoms with Crippen molar-refractivity contribution in [2.45, 2.75) is 13.0 Å². The number of amides is 2. The molecular weight excluding hydrogens is 342 g/mol. The second-order valence-electron chi connectivity index (χ2n) is 4.84. The maximum absolute atomic E-state index is 14.0. The molecule has 0 bridgehead atoms. The molecule has 2 amide bonds. The van der Waals surface area contributed by atoms with E-state index in [1.54, 1.807) is 5.43 Å². The Bertz CT molecular complexity index is 766. The van der Waals surface area contributed by atoms with Crippen LogP contribution in [0.2, 0.25) is 0 Å². The maximum atomic E-state index is 14.0. The van der Waals surface area contributed by atoms with Crippen LogP contribution in [0.1, 0.15) is 15.9 Å². The van der Waals surface area contributed by atoms with Crippen LogP contribution in [0.4, 0.5) is 23.2 Å². The van der Waals surface area contributed by atoms with Crippen LogP contribution < -0.4 is 10.9 Å². The zero-order valence-corrected chi connectivity index (χ0v) is 12.6. The fourth-order valence-corrected chi connectivity index (χ4v) is 1.78. The third-order valence-electron chi connectivity index (χ3n) is 3.07. The quantitative estimate of drug-likeness (QED) is 0.639. The second kappa shape index (κ2) is 8.13. The van der Waals surface area contributed by atoms with E-state index in [9.17, 15) is 27.2 Å². The van der Waals surface area contributed by atoms with Crippen LogP contribution in [0.15, 0.2) is 42.5 Å². The Morgan fingerprint density at radius 2 is 1.68 bits per heavy atom. The van der Waals surface area contributed by atoms with Gasteiger partial charge in [0.25, 0.3) is 5.91 Å². The van der Waals surface area contributed by atoms with Crippen LogP contribution in [0.3, 0.4) is 0 Å². The summed E-state index contributed by atoms with van der Waals surface area (Å²) in [6.45, 7) is -0.0402. The van der Waals surface area contributed by atoms with Crippen molar-refractivity contribution in [1.82, 2.24) is 10.9 Å². The Kier molecular flexibility index (Phi) is 5.93. The number of halogens is 4. The van der Waals surface area contributed by atoms with Crippen molar-refractivity contribution in [3.8, 4) is 0 Å². The maximum Gasteiger partial charge on any atom is 0.317 e. The average Bonchev–Trinajstić information content (AvgIpc) is 2.59. The molecule has 2 aromatic rings. The SMILES string of the molecule is O=C(NNC(=O)C(F)F)c1ccc(C[N-]c2ccc(F)cc2)c(F)c1. The molecule has 2 aromatic carbocycles. The van der Waals surface area contributed by atoms with Gasteiger partial charge in [-0.15, -0.1) is 12.2 Å². The highest BCUT2D eigenvalue weighted by Gasteiger charge is 2.16. The van der Waals surface area contributed by atoms with E-state index >= 15 is 0 Å². The van der Waals surface area contributed by atoms with E-state index in [-0.39, 0.29) is 17.7 Å². The first-order valence-corrected chi connectivity index (χ1v) is 6.96. The summed E-state index contributed by atoms with van der Waals surface area (Å²) in [5.41, 5.74) is 3.72. The molecule has 0 aromatic heterocycles. The molecule has 0 spiro atoms. The normalized spacial score (nSPS) is 10.4. The van der Waals surface area contributed by atoms with Crippen LogP contribution in [-0.2, 0) is 11.3 Å². The van der Waals surface area contributed by atoms with Gasteiger partial charge in [0, 0.05) is 5.56 Å². The molecule has 0 atom stereocenters. The highest BCUT2D eigenvalue weighted by atomic mass is 19.3. The Morgan fingerprint density at radius 3 is 2.28 bits per heavy atom. The van der Waals surface area contributed by atoms with E-state index in [1.807, 2.05) is 0 Å². The fourth-order valence-electron chi connectivity index (χ4n) is 1.78. The van der Waals surface area contributed by atoms with Gasteiger partial charge in [0.1, 0.15) is 11.6 Å². The molecule has 0 aliphatic rings. The summed E-state index contributed by atoms with van der Waals surface area (Å²) in [6, 6.07) is 8.74. The van der Waals surface area contributed by atoms with E-state index in [4.69, 9.17) is 0 Å². The van der Waals surface area contributed by atoms with Gasteiger partial charge in [0.05, 0.1) is 0 Å². The summed E-state index contributed by atoms with van der Waals surface area (Å²) in [6.07, 6.45) is -3.28. The zero-order valence-electron chi connectivity index (χ0n) is 12.6. The summed E-state index contributed by atoms with van der Waals surface area (Å²) < 4.78 is 50.8. The molecule has 0 radical (unpaired) electrons. The molecule has 0 saturated carbocycles. The number of carbonyl (C=O) groups excluding carboxylic acids is 2. The van der Waals surface area contributed by atoms with Crippen molar-refractivity contribution < 1.29 is 27.2 Å². The topological polar surface area (TPSA) is 72.3 Å². The highest BCUT2D eigenvalue weighted by Crippen LogP contribution is 2.22. The van der Waals surface area contributed by atoms with E-state index in [0.717, 1.165) is 6.07 Å². The number of benzene rings is 2. The molecule has 0 aliphatic carbocycles. The van der Waals surface area contributed by atoms with Crippen molar-refractivity contribution >= 4 is 17.5 Å². The lowest BCUT2D eigenvalue weighted by Crippen LogP contribution is -2.44. The predicted octanol–water partition coefficient (Wildman–Crippen LogP) is 3.20. The zero-order chi connectivity index (χ0) is 18.4. The van der Waals surface area contributed by atoms with Crippen molar-refractivity contribution in [1.29, 1.82) is 0 Å². The Balaban J connectivity index is 1.96. The largest absolute Gasteiger partial charge is 0.681 e. The van der Waals surface area contributed by atoms with Crippen LogP contribution in [0.5, 0.6) is 0 Å². The number of alkyl halides is 2. The van der Waals surface area contributed by atoms with E-state index in [0.29, 0.717) is 5.69 Å². The minimum Gasteiger partial charge on any atom is -0.681 e. The van der Waals surface area contributed by atoms with Crippen LogP contribution in [0.25, 0.3) is 5.32 Å². The summed E-state index contributed by atoms with van der Waals surface area (Å²) in [5, 5.41) is 4.08. The van der Waals surface area contributed by atoms with Gasteiger partial charge in [0.15, 0.2) is 0 Å². The molecule has 5 nitrogen and oxygen atoms in total. The minimum absolute atomic E-state index is 0.0402. The average molecular weight is 354 g/mol. The lowest BCUT2D eigenvalue weighted by Gasteiger charge is -2.21. The van der Waals surface area contributed by atoms with Gasteiger partial charge in [-0.1, -0.05) is 18.2 Å². The number of carbonyl (C=O) groups is 2. The fraction of sp³-hybridized carbons (Fsp3) is 0.125. The number of hydrogen-bond acceptors (Lipinski definition) is 2. The number of rotatable bonds is 5. The summed E-state index contributed by atoms with van der Waals surface area (Å²) in [5.74, 6) is -3.78. The summed E-state index contributed by atoms with van der Waals surface area (Å²) in [4.78, 5) is 22.3. The number of nitrogens with one attached hydrogen (secondary N) is 2. The van der Waals surface area contributed by atoms with Crippen molar-refractivity contribution in [3.63, 3.8) is 0 Å². The van der Waals surface area contributed by atoms with Crippen LogP contribution in [0, 0.1) is 11.6 Å². The number of hydrazine groups is 1. The second-order valence-corrected chi connectivity index (χ2v) is 4.84. The molecule has 0 saturated heterocycles. The molecule has 0 unspecified atom stereocenters. The van der Waals surface area contributed by atoms with Crippen molar-refractivity contribution in [2.24, 2.45) is 0 Å². The van der Waals surface area contributed by atoms with Gasteiger partial charge in [-0.3, -0.25) is 20.4 Å². The molecular formula is C16H12F4N3O2-. The first kappa shape index (κ1) is 18.2. The summed E-state index contributed by atoms with van der Waals surface area (Å²) in [7, 11) is 0. The van der Waals surface area contributed by atoms with Gasteiger partial charge in [-0.2, -0.15) is 8.78 Å². The molecule has 0 fully saturated rings. The molecule has 25 heavy (non-hydrogen) atoms. The monoisotopic (exact) mass is 354 g/mol. The highest BCUT2D eigenvalue weighted by molar-refractivity contribution is 5.95. The smallest absolute Gasteiger partial charge is 0.317 e. The van der Waals surface area contributed by atoms with E-state index in [1.165, 1.54) is 41.8 Å². The molecule has 9 heteroatoms. The van der Waals surface area contributed by atoms with Crippen molar-refractivity contribution in [3.05, 3.63) is 70.5 Å². The van der Waals surface area contributed by atoms with Gasteiger partial charge in [-0.25, -0.2) is 8.78 Å². The molecule has 2 rings (SSSR count). The van der Waals surface area contributed by atoms with Gasteiger partial charge < -0.3 is 5.32 Å². The Morgan fingerprint density at radius 1 is 1.00 bits per heavy atom.